The average Bonchev–Trinajstić information content (AvgIpc) is 3.61. The van der Waals surface area contributed by atoms with E-state index in [0.717, 1.165) is 50.5 Å². The van der Waals surface area contributed by atoms with Crippen molar-refractivity contribution in [3.05, 3.63) is 99.9 Å². The van der Waals surface area contributed by atoms with E-state index in [4.69, 9.17) is 0 Å². The van der Waals surface area contributed by atoms with Crippen LogP contribution >= 0.6 is 0 Å². The molecule has 5 nitrogen and oxygen atoms in total. The van der Waals surface area contributed by atoms with Crippen molar-refractivity contribution in [2.24, 2.45) is 0 Å². The number of aromatic amines is 2. The summed E-state index contributed by atoms with van der Waals surface area (Å²) in [6, 6.07) is 16.4. The molecule has 0 unspecified atom stereocenters. The molecule has 0 fully saturated rings. The van der Waals surface area contributed by atoms with Gasteiger partial charge < -0.3 is 9.97 Å². The quantitative estimate of drug-likeness (QED) is 0.220. The van der Waals surface area contributed by atoms with Crippen LogP contribution in [0.4, 0.5) is 0 Å². The third kappa shape index (κ3) is 5.67. The Hall–Kier alpha value is -3.76. The van der Waals surface area contributed by atoms with Crippen LogP contribution in [0.3, 0.4) is 0 Å². The van der Waals surface area contributed by atoms with E-state index >= 15 is 0 Å². The number of rotatable bonds is 0. The third-order valence-electron chi connectivity index (χ3n) is 6.19. The van der Waals surface area contributed by atoms with Crippen molar-refractivity contribution in [3.8, 4) is 0 Å². The van der Waals surface area contributed by atoms with E-state index < -0.39 is 0 Å². The minimum absolute atomic E-state index is 0. The molecule has 6 rings (SSSR count). The largest absolute Gasteiger partial charge is 0.355 e. The van der Waals surface area contributed by atoms with E-state index in [1.54, 1.807) is 0 Å². The second-order valence-corrected chi connectivity index (χ2v) is 8.68. The summed E-state index contributed by atoms with van der Waals surface area (Å²) < 4.78 is 0. The van der Waals surface area contributed by atoms with Crippen LogP contribution in [0.5, 0.6) is 0 Å². The normalized spacial score (nSPS) is 11.5. The molecule has 6 heterocycles. The number of aryl methyl sites for hydroxylation is 2. The number of nitrogens with one attached hydrogen (secondary N) is 2. The van der Waals surface area contributed by atoms with E-state index in [2.05, 4.69) is 76.0 Å². The smallest absolute Gasteiger partial charge is 0.0659 e. The predicted octanol–water partition coefficient (Wildman–Crippen LogP) is 6.97. The van der Waals surface area contributed by atoms with Crippen LogP contribution < -0.4 is 0 Å². The summed E-state index contributed by atoms with van der Waals surface area (Å²) in [6.45, 7) is 8.39. The van der Waals surface area contributed by atoms with Gasteiger partial charge in [-0.2, -0.15) is 0 Å². The standard InChI is InChI=1S/C20H14N4.C9H13N.Ni/c1-2-14-10-16-5-6-18(23-16)12-20-8-7-19(24-20)11-17-4-3-15(22-17)9-13(1)21-14;1-6-5-10-9(4)8(3)7(6)2;/h1-12,21-22H;5H,1-4H3;. The predicted molar refractivity (Wildman–Crippen MR) is 142 cm³/mol. The number of aromatic nitrogens is 5. The first kappa shape index (κ1) is 24.4. The van der Waals surface area contributed by atoms with Crippen molar-refractivity contribution in [1.29, 1.82) is 0 Å². The summed E-state index contributed by atoms with van der Waals surface area (Å²) >= 11 is 0. The first-order valence-corrected chi connectivity index (χ1v) is 11.4. The molecule has 0 amide bonds. The van der Waals surface area contributed by atoms with Gasteiger partial charge in [-0.25, -0.2) is 9.97 Å². The second-order valence-electron chi connectivity index (χ2n) is 8.68. The molecule has 6 heteroatoms. The van der Waals surface area contributed by atoms with Gasteiger partial charge in [-0.05, 0) is 117 Å². The van der Waals surface area contributed by atoms with Crippen LogP contribution in [0.2, 0.25) is 0 Å². The zero-order valence-corrected chi connectivity index (χ0v) is 21.2. The fourth-order valence-corrected chi connectivity index (χ4v) is 3.90. The zero-order valence-electron chi connectivity index (χ0n) is 20.2. The van der Waals surface area contributed by atoms with E-state index in [1.165, 1.54) is 16.7 Å². The fraction of sp³-hybridized carbons (Fsp3) is 0.138. The van der Waals surface area contributed by atoms with E-state index in [1.807, 2.05) is 55.6 Å². The van der Waals surface area contributed by atoms with Gasteiger partial charge in [-0.3, -0.25) is 4.98 Å². The molecule has 8 bridgehead atoms. The molecule has 0 atom stereocenters. The second kappa shape index (κ2) is 10.2. The van der Waals surface area contributed by atoms with Crippen LogP contribution in [-0.4, -0.2) is 24.9 Å². The van der Waals surface area contributed by atoms with Gasteiger partial charge >= 0.3 is 0 Å². The molecule has 2 aliphatic heterocycles. The summed E-state index contributed by atoms with van der Waals surface area (Å²) in [7, 11) is 0. The Bertz CT molecular complexity index is 1490. The van der Waals surface area contributed by atoms with E-state index in [0.29, 0.717) is 0 Å². The first-order chi connectivity index (χ1) is 16.4. The number of hydrogen-bond donors (Lipinski definition) is 2. The Morgan fingerprint density at radius 3 is 1.43 bits per heavy atom. The van der Waals surface area contributed by atoms with Gasteiger partial charge in [0, 0.05) is 50.4 Å². The molecular weight excluding hydrogens is 477 g/mol. The zero-order chi connectivity index (χ0) is 23.7. The Balaban J connectivity index is 0.000000224. The van der Waals surface area contributed by atoms with Crippen molar-refractivity contribution in [2.75, 3.05) is 0 Å². The van der Waals surface area contributed by atoms with Gasteiger partial charge in [-0.15, -0.1) is 0 Å². The SMILES string of the molecule is C1=Cc2cc3ccc(cc4ccc(cc5nc(cc1n2)C=C5)[nH]4)[nH]3.Cc1cnc(C)c(C)c1C.[Ni]. The van der Waals surface area contributed by atoms with Crippen molar-refractivity contribution >= 4 is 46.4 Å². The van der Waals surface area contributed by atoms with Gasteiger partial charge in [0.1, 0.15) is 0 Å². The Morgan fingerprint density at radius 2 is 0.971 bits per heavy atom. The number of nitrogens with zero attached hydrogens (tertiary/aromatic N) is 3. The van der Waals surface area contributed by atoms with Crippen molar-refractivity contribution < 1.29 is 16.5 Å². The summed E-state index contributed by atoms with van der Waals surface area (Å²) in [5.41, 5.74) is 13.0. The van der Waals surface area contributed by atoms with Gasteiger partial charge in [0.2, 0.25) is 0 Å². The number of fused-ring (bicyclic) bond motifs is 8. The maximum absolute atomic E-state index is 4.62. The molecule has 178 valence electrons. The Labute approximate surface area is 215 Å². The molecule has 2 N–H and O–H groups in total. The van der Waals surface area contributed by atoms with Crippen LogP contribution in [-0.2, 0) is 16.5 Å². The van der Waals surface area contributed by atoms with Crippen LogP contribution in [0.1, 0.15) is 45.2 Å². The molecule has 0 radical (unpaired) electrons. The Morgan fingerprint density at radius 1 is 0.543 bits per heavy atom. The average molecular weight is 504 g/mol. The van der Waals surface area contributed by atoms with Gasteiger partial charge in [-0.1, -0.05) is 0 Å². The maximum Gasteiger partial charge on any atom is 0.0659 e. The van der Waals surface area contributed by atoms with Crippen LogP contribution in [0.15, 0.2) is 54.7 Å². The van der Waals surface area contributed by atoms with Crippen molar-refractivity contribution in [3.63, 3.8) is 0 Å². The third-order valence-corrected chi connectivity index (χ3v) is 6.19. The van der Waals surface area contributed by atoms with Crippen LogP contribution in [0.25, 0.3) is 46.4 Å². The fourth-order valence-electron chi connectivity index (χ4n) is 3.90. The summed E-state index contributed by atoms with van der Waals surface area (Å²) in [5.74, 6) is 0. The van der Waals surface area contributed by atoms with Gasteiger partial charge in [0.05, 0.1) is 22.8 Å². The molecular formula is C29H27N5Ni. The van der Waals surface area contributed by atoms with Gasteiger partial charge in [0.25, 0.3) is 0 Å². The summed E-state index contributed by atoms with van der Waals surface area (Å²) in [6.07, 6.45) is 9.98. The number of H-pyrrole nitrogens is 2. The molecule has 0 saturated heterocycles. The van der Waals surface area contributed by atoms with Crippen molar-refractivity contribution in [1.82, 2.24) is 24.9 Å². The van der Waals surface area contributed by atoms with Crippen molar-refractivity contribution in [2.45, 2.75) is 27.7 Å². The first-order valence-electron chi connectivity index (χ1n) is 11.4. The number of hydrogen-bond acceptors (Lipinski definition) is 3. The molecule has 4 aromatic rings. The summed E-state index contributed by atoms with van der Waals surface area (Å²) in [4.78, 5) is 20.3. The summed E-state index contributed by atoms with van der Waals surface area (Å²) in [5, 5.41) is 0. The van der Waals surface area contributed by atoms with Gasteiger partial charge in [0.15, 0.2) is 0 Å². The molecule has 2 aliphatic rings. The molecule has 0 saturated carbocycles. The molecule has 0 spiro atoms. The maximum atomic E-state index is 4.62. The minimum atomic E-state index is 0. The Kier molecular flexibility index (Phi) is 7.13. The molecule has 4 aromatic heterocycles. The van der Waals surface area contributed by atoms with E-state index in [-0.39, 0.29) is 16.5 Å². The number of pyridine rings is 1. The molecule has 35 heavy (non-hydrogen) atoms. The van der Waals surface area contributed by atoms with Crippen LogP contribution in [0, 0.1) is 27.7 Å². The van der Waals surface area contributed by atoms with E-state index in [9.17, 15) is 0 Å². The minimum Gasteiger partial charge on any atom is -0.355 e. The molecule has 0 aromatic carbocycles. The monoisotopic (exact) mass is 503 g/mol. The molecule has 0 aliphatic carbocycles. The topological polar surface area (TPSA) is 70.2 Å².